The van der Waals surface area contributed by atoms with Gasteiger partial charge < -0.3 is 15.8 Å². The highest BCUT2D eigenvalue weighted by Crippen LogP contribution is 2.33. The largest absolute Gasteiger partial charge is 0.465 e. The lowest BCUT2D eigenvalue weighted by Crippen LogP contribution is -2.16. The SMILES string of the molecule is COC(=O)c1sc(NC(=O)/C=C/c2ccc(Cl)cc2Cl)c(C(N)=O)c1C. The van der Waals surface area contributed by atoms with E-state index in [4.69, 9.17) is 28.9 Å². The molecule has 2 rings (SSSR count). The van der Waals surface area contributed by atoms with Crippen LogP contribution in [-0.4, -0.2) is 24.9 Å². The van der Waals surface area contributed by atoms with Gasteiger partial charge in [0.2, 0.25) is 5.91 Å². The van der Waals surface area contributed by atoms with E-state index >= 15 is 0 Å². The average molecular weight is 413 g/mol. The lowest BCUT2D eigenvalue weighted by atomic mass is 10.1. The summed E-state index contributed by atoms with van der Waals surface area (Å²) < 4.78 is 4.67. The van der Waals surface area contributed by atoms with Gasteiger partial charge in [-0.25, -0.2) is 4.79 Å². The van der Waals surface area contributed by atoms with Crippen LogP contribution in [0, 0.1) is 6.92 Å². The van der Waals surface area contributed by atoms with E-state index in [0.717, 1.165) is 11.3 Å². The Kier molecular flexibility index (Phi) is 6.42. The quantitative estimate of drug-likeness (QED) is 0.574. The molecule has 0 radical (unpaired) electrons. The molecule has 0 fully saturated rings. The second kappa shape index (κ2) is 8.35. The second-order valence-corrected chi connectivity index (χ2v) is 6.97. The highest BCUT2D eigenvalue weighted by atomic mass is 35.5. The number of benzene rings is 1. The van der Waals surface area contributed by atoms with Crippen LogP contribution in [0.25, 0.3) is 6.08 Å². The molecule has 0 aliphatic heterocycles. The Morgan fingerprint density at radius 2 is 1.96 bits per heavy atom. The van der Waals surface area contributed by atoms with Gasteiger partial charge in [0.15, 0.2) is 0 Å². The summed E-state index contributed by atoms with van der Waals surface area (Å²) >= 11 is 12.8. The lowest BCUT2D eigenvalue weighted by Gasteiger charge is -2.02. The third-order valence-electron chi connectivity index (χ3n) is 3.38. The van der Waals surface area contributed by atoms with Crippen LogP contribution >= 0.6 is 34.5 Å². The summed E-state index contributed by atoms with van der Waals surface area (Å²) in [5, 5.41) is 3.59. The van der Waals surface area contributed by atoms with E-state index in [0.29, 0.717) is 21.2 Å². The number of carbonyl (C=O) groups is 3. The van der Waals surface area contributed by atoms with E-state index in [-0.39, 0.29) is 15.4 Å². The number of anilines is 1. The Balaban J connectivity index is 2.27. The highest BCUT2D eigenvalue weighted by Gasteiger charge is 2.24. The van der Waals surface area contributed by atoms with Crippen LogP contribution in [0.5, 0.6) is 0 Å². The number of nitrogens with one attached hydrogen (secondary N) is 1. The molecule has 2 amide bonds. The molecular formula is C17H14Cl2N2O4S. The molecule has 0 aliphatic rings. The summed E-state index contributed by atoms with van der Waals surface area (Å²) in [6.45, 7) is 1.56. The maximum absolute atomic E-state index is 12.2. The topological polar surface area (TPSA) is 98.5 Å². The number of halogens is 2. The average Bonchev–Trinajstić information content (AvgIpc) is 2.89. The first kappa shape index (κ1) is 20.0. The van der Waals surface area contributed by atoms with Gasteiger partial charge in [-0.1, -0.05) is 29.3 Å². The molecule has 0 unspecified atom stereocenters. The molecule has 0 atom stereocenters. The van der Waals surface area contributed by atoms with Gasteiger partial charge in [-0.3, -0.25) is 9.59 Å². The number of hydrogen-bond acceptors (Lipinski definition) is 5. The summed E-state index contributed by atoms with van der Waals surface area (Å²) in [4.78, 5) is 35.8. The lowest BCUT2D eigenvalue weighted by molar-refractivity contribution is -0.111. The van der Waals surface area contributed by atoms with Crippen molar-refractivity contribution in [2.24, 2.45) is 5.73 Å². The standard InChI is InChI=1S/C17H14Cl2N2O4S/c1-8-13(15(20)23)16(26-14(8)17(24)25-2)21-12(22)6-4-9-3-5-10(18)7-11(9)19/h3-7H,1-2H3,(H2,20,23)(H,21,22)/b6-4+. The summed E-state index contributed by atoms with van der Waals surface area (Å²) in [6.07, 6.45) is 2.74. The maximum atomic E-state index is 12.2. The van der Waals surface area contributed by atoms with E-state index in [9.17, 15) is 14.4 Å². The predicted octanol–water partition coefficient (Wildman–Crippen LogP) is 3.90. The number of nitrogens with two attached hydrogens (primary N) is 1. The Morgan fingerprint density at radius 3 is 2.54 bits per heavy atom. The molecule has 0 bridgehead atoms. The van der Waals surface area contributed by atoms with E-state index in [1.54, 1.807) is 25.1 Å². The van der Waals surface area contributed by atoms with Crippen LogP contribution in [0.2, 0.25) is 10.0 Å². The minimum atomic E-state index is -0.756. The number of esters is 1. The smallest absolute Gasteiger partial charge is 0.348 e. The van der Waals surface area contributed by atoms with Gasteiger partial charge in [0.25, 0.3) is 5.91 Å². The van der Waals surface area contributed by atoms with E-state index < -0.39 is 17.8 Å². The van der Waals surface area contributed by atoms with Gasteiger partial charge in [0.1, 0.15) is 9.88 Å². The second-order valence-electron chi connectivity index (χ2n) is 5.10. The normalized spacial score (nSPS) is 10.8. The highest BCUT2D eigenvalue weighted by molar-refractivity contribution is 7.18. The summed E-state index contributed by atoms with van der Waals surface area (Å²) in [5.74, 6) is -1.89. The van der Waals surface area contributed by atoms with Crippen molar-refractivity contribution in [3.63, 3.8) is 0 Å². The van der Waals surface area contributed by atoms with Crippen LogP contribution in [-0.2, 0) is 9.53 Å². The van der Waals surface area contributed by atoms with Gasteiger partial charge in [0, 0.05) is 16.1 Å². The number of primary amides is 1. The first-order valence-corrected chi connectivity index (χ1v) is 8.77. The maximum Gasteiger partial charge on any atom is 0.348 e. The zero-order valence-corrected chi connectivity index (χ0v) is 16.1. The van der Waals surface area contributed by atoms with Crippen LogP contribution < -0.4 is 11.1 Å². The Morgan fingerprint density at radius 1 is 1.27 bits per heavy atom. The minimum absolute atomic E-state index is 0.0710. The summed E-state index contributed by atoms with van der Waals surface area (Å²) in [7, 11) is 1.22. The molecule has 0 spiro atoms. The van der Waals surface area contributed by atoms with Gasteiger partial charge >= 0.3 is 5.97 Å². The first-order valence-electron chi connectivity index (χ1n) is 7.20. The van der Waals surface area contributed by atoms with Crippen LogP contribution in [0.1, 0.15) is 31.2 Å². The van der Waals surface area contributed by atoms with Crippen molar-refractivity contribution < 1.29 is 19.1 Å². The van der Waals surface area contributed by atoms with Crippen LogP contribution in [0.3, 0.4) is 0 Å². The zero-order chi connectivity index (χ0) is 19.4. The van der Waals surface area contributed by atoms with Crippen molar-refractivity contribution in [2.75, 3.05) is 12.4 Å². The number of thiophene rings is 1. The monoisotopic (exact) mass is 412 g/mol. The molecule has 0 saturated heterocycles. The van der Waals surface area contributed by atoms with E-state index in [1.807, 2.05) is 0 Å². The number of carbonyl (C=O) groups excluding carboxylic acids is 3. The molecule has 6 nitrogen and oxygen atoms in total. The Hall–Kier alpha value is -2.35. The van der Waals surface area contributed by atoms with Crippen LogP contribution in [0.4, 0.5) is 5.00 Å². The van der Waals surface area contributed by atoms with Gasteiger partial charge in [-0.2, -0.15) is 0 Å². The molecular weight excluding hydrogens is 399 g/mol. The molecule has 1 heterocycles. The first-order chi connectivity index (χ1) is 12.2. The predicted molar refractivity (Wildman–Crippen MR) is 103 cm³/mol. The fourth-order valence-electron chi connectivity index (χ4n) is 2.14. The van der Waals surface area contributed by atoms with E-state index in [2.05, 4.69) is 10.1 Å². The van der Waals surface area contributed by atoms with Crippen LogP contribution in [0.15, 0.2) is 24.3 Å². The van der Waals surface area contributed by atoms with Crippen molar-refractivity contribution in [2.45, 2.75) is 6.92 Å². The van der Waals surface area contributed by atoms with Gasteiger partial charge in [0.05, 0.1) is 12.7 Å². The number of amides is 2. The molecule has 1 aromatic carbocycles. The van der Waals surface area contributed by atoms with Crippen molar-refractivity contribution in [1.29, 1.82) is 0 Å². The fraction of sp³-hybridized carbons (Fsp3) is 0.118. The third kappa shape index (κ3) is 4.43. The molecule has 0 aliphatic carbocycles. The number of ether oxygens (including phenoxy) is 1. The van der Waals surface area contributed by atoms with Gasteiger partial charge in [-0.05, 0) is 36.3 Å². The van der Waals surface area contributed by atoms with E-state index in [1.165, 1.54) is 19.3 Å². The third-order valence-corrected chi connectivity index (χ3v) is 5.13. The number of hydrogen-bond donors (Lipinski definition) is 2. The van der Waals surface area contributed by atoms with Crippen molar-refractivity contribution in [1.82, 2.24) is 0 Å². The molecule has 0 saturated carbocycles. The molecule has 136 valence electrons. The van der Waals surface area contributed by atoms with Gasteiger partial charge in [-0.15, -0.1) is 11.3 Å². The number of rotatable bonds is 5. The Bertz CT molecular complexity index is 922. The van der Waals surface area contributed by atoms with Crippen molar-refractivity contribution in [3.8, 4) is 0 Å². The zero-order valence-electron chi connectivity index (χ0n) is 13.8. The van der Waals surface area contributed by atoms with Crippen molar-refractivity contribution in [3.05, 3.63) is 55.9 Å². The summed E-state index contributed by atoms with van der Waals surface area (Å²) in [6, 6.07) is 4.85. The molecule has 1 aromatic heterocycles. The molecule has 3 N–H and O–H groups in total. The fourth-order valence-corrected chi connectivity index (χ4v) is 3.75. The Labute approximate surface area is 163 Å². The minimum Gasteiger partial charge on any atom is -0.465 e. The number of methoxy groups -OCH3 is 1. The molecule has 9 heteroatoms. The van der Waals surface area contributed by atoms with Crippen molar-refractivity contribution >= 4 is 63.4 Å². The summed E-state index contributed by atoms with van der Waals surface area (Å²) in [5.41, 5.74) is 6.38. The molecule has 2 aromatic rings. The molecule has 26 heavy (non-hydrogen) atoms.